The minimum absolute atomic E-state index is 0.108. The maximum atomic E-state index is 12.6. The highest BCUT2D eigenvalue weighted by Gasteiger charge is 2.13. The number of rotatable bonds is 8. The SMILES string of the molecule is CC(C)CCNc1nc(=O)n(CC(=O)NCc2ccccc2Cl)c2ccccc12. The van der Waals surface area contributed by atoms with E-state index in [2.05, 4.69) is 29.5 Å². The third kappa shape index (κ3) is 5.35. The zero-order valence-corrected chi connectivity index (χ0v) is 17.4. The van der Waals surface area contributed by atoms with E-state index < -0.39 is 5.69 Å². The van der Waals surface area contributed by atoms with Crippen LogP contribution in [-0.4, -0.2) is 22.0 Å². The summed E-state index contributed by atoms with van der Waals surface area (Å²) >= 11 is 6.13. The predicted molar refractivity (Wildman–Crippen MR) is 117 cm³/mol. The third-order valence-corrected chi connectivity index (χ3v) is 5.01. The van der Waals surface area contributed by atoms with E-state index in [4.69, 9.17) is 11.6 Å². The van der Waals surface area contributed by atoms with Crippen molar-refractivity contribution < 1.29 is 4.79 Å². The largest absolute Gasteiger partial charge is 0.369 e. The summed E-state index contributed by atoms with van der Waals surface area (Å²) in [5.41, 5.74) is 1.04. The number of benzene rings is 2. The summed E-state index contributed by atoms with van der Waals surface area (Å²) in [5, 5.41) is 7.47. The van der Waals surface area contributed by atoms with Gasteiger partial charge in [0.05, 0.1) is 5.52 Å². The van der Waals surface area contributed by atoms with E-state index in [1.54, 1.807) is 6.07 Å². The molecule has 0 saturated carbocycles. The number of carbonyl (C=O) groups is 1. The molecule has 0 unspecified atom stereocenters. The molecule has 0 aliphatic rings. The van der Waals surface area contributed by atoms with Crippen molar-refractivity contribution in [1.29, 1.82) is 0 Å². The van der Waals surface area contributed by atoms with E-state index in [0.29, 0.717) is 28.8 Å². The summed E-state index contributed by atoms with van der Waals surface area (Å²) in [6.45, 7) is 5.21. The molecule has 7 heteroatoms. The van der Waals surface area contributed by atoms with Crippen molar-refractivity contribution in [2.45, 2.75) is 33.4 Å². The summed E-state index contributed by atoms with van der Waals surface area (Å²) in [5.74, 6) is 0.828. The van der Waals surface area contributed by atoms with Crippen LogP contribution in [0.5, 0.6) is 0 Å². The molecule has 6 nitrogen and oxygen atoms in total. The van der Waals surface area contributed by atoms with Crippen molar-refractivity contribution in [3.05, 3.63) is 69.6 Å². The van der Waals surface area contributed by atoms with Crippen LogP contribution in [0.3, 0.4) is 0 Å². The summed E-state index contributed by atoms with van der Waals surface area (Å²) in [4.78, 5) is 29.3. The molecule has 0 aliphatic heterocycles. The molecule has 3 rings (SSSR count). The summed E-state index contributed by atoms with van der Waals surface area (Å²) < 4.78 is 1.39. The molecule has 1 aromatic heterocycles. The van der Waals surface area contributed by atoms with Gasteiger partial charge < -0.3 is 10.6 Å². The number of nitrogens with one attached hydrogen (secondary N) is 2. The van der Waals surface area contributed by atoms with Crippen molar-refractivity contribution in [2.75, 3.05) is 11.9 Å². The number of hydrogen-bond donors (Lipinski definition) is 2. The highest BCUT2D eigenvalue weighted by Crippen LogP contribution is 2.19. The Hall–Kier alpha value is -2.86. The molecular weight excluding hydrogens is 388 g/mol. The van der Waals surface area contributed by atoms with Gasteiger partial charge in [-0.3, -0.25) is 9.36 Å². The van der Waals surface area contributed by atoms with E-state index >= 15 is 0 Å². The fraction of sp³-hybridized carbons (Fsp3) is 0.318. The van der Waals surface area contributed by atoms with E-state index in [1.165, 1.54) is 4.57 Å². The smallest absolute Gasteiger partial charge is 0.350 e. The zero-order chi connectivity index (χ0) is 20.8. The lowest BCUT2D eigenvalue weighted by Crippen LogP contribution is -2.33. The Kier molecular flexibility index (Phi) is 6.88. The van der Waals surface area contributed by atoms with Gasteiger partial charge in [-0.05, 0) is 36.1 Å². The number of nitrogens with zero attached hydrogens (tertiary/aromatic N) is 2. The first kappa shape index (κ1) is 20.9. The van der Waals surface area contributed by atoms with Crippen LogP contribution in [0, 0.1) is 5.92 Å². The summed E-state index contributed by atoms with van der Waals surface area (Å²) in [7, 11) is 0. The number of aromatic nitrogens is 2. The Morgan fingerprint density at radius 3 is 2.62 bits per heavy atom. The monoisotopic (exact) mass is 412 g/mol. The first-order valence-electron chi connectivity index (χ1n) is 9.69. The number of carbonyl (C=O) groups excluding carboxylic acids is 1. The molecule has 0 aliphatic carbocycles. The summed E-state index contributed by atoms with van der Waals surface area (Å²) in [6, 6.07) is 14.8. The van der Waals surface area contributed by atoms with Gasteiger partial charge in [0.1, 0.15) is 12.4 Å². The van der Waals surface area contributed by atoms with Crippen molar-refractivity contribution in [2.24, 2.45) is 5.92 Å². The number of para-hydroxylation sites is 1. The van der Waals surface area contributed by atoms with Gasteiger partial charge >= 0.3 is 5.69 Å². The van der Waals surface area contributed by atoms with Gasteiger partial charge in [-0.15, -0.1) is 0 Å². The van der Waals surface area contributed by atoms with E-state index in [0.717, 1.165) is 23.9 Å². The molecule has 29 heavy (non-hydrogen) atoms. The lowest BCUT2D eigenvalue weighted by molar-refractivity contribution is -0.121. The quantitative estimate of drug-likeness (QED) is 0.589. The fourth-order valence-electron chi connectivity index (χ4n) is 3.03. The van der Waals surface area contributed by atoms with Crippen LogP contribution in [0.25, 0.3) is 10.9 Å². The standard InChI is InChI=1S/C22H25ClN4O2/c1-15(2)11-12-24-21-17-8-4-6-10-19(17)27(22(29)26-21)14-20(28)25-13-16-7-3-5-9-18(16)23/h3-10,15H,11-14H2,1-2H3,(H,25,28)(H,24,26,29). The third-order valence-electron chi connectivity index (χ3n) is 4.64. The van der Waals surface area contributed by atoms with Gasteiger partial charge in [-0.1, -0.05) is 55.8 Å². The molecule has 2 aromatic carbocycles. The van der Waals surface area contributed by atoms with Crippen LogP contribution in [0.2, 0.25) is 5.02 Å². The van der Waals surface area contributed by atoms with Crippen LogP contribution in [-0.2, 0) is 17.9 Å². The Labute approximate surface area is 174 Å². The second-order valence-corrected chi connectivity index (χ2v) is 7.73. The minimum Gasteiger partial charge on any atom is -0.369 e. The lowest BCUT2D eigenvalue weighted by atomic mass is 10.1. The molecule has 152 valence electrons. The number of amides is 1. The Morgan fingerprint density at radius 1 is 1.14 bits per heavy atom. The molecule has 2 N–H and O–H groups in total. The molecule has 0 saturated heterocycles. The molecular formula is C22H25ClN4O2. The minimum atomic E-state index is -0.455. The van der Waals surface area contributed by atoms with Crippen LogP contribution in [0.4, 0.5) is 5.82 Å². The molecule has 1 amide bonds. The highest BCUT2D eigenvalue weighted by atomic mass is 35.5. The van der Waals surface area contributed by atoms with E-state index in [9.17, 15) is 9.59 Å². The number of fused-ring (bicyclic) bond motifs is 1. The molecule has 0 spiro atoms. The van der Waals surface area contributed by atoms with Crippen LogP contribution < -0.4 is 16.3 Å². The normalized spacial score (nSPS) is 11.0. The maximum absolute atomic E-state index is 12.6. The van der Waals surface area contributed by atoms with Gasteiger partial charge in [-0.25, -0.2) is 4.79 Å². The molecule has 1 heterocycles. The number of hydrogen-bond acceptors (Lipinski definition) is 4. The van der Waals surface area contributed by atoms with Crippen LogP contribution in [0.1, 0.15) is 25.8 Å². The first-order chi connectivity index (χ1) is 14.0. The Balaban J connectivity index is 1.78. The highest BCUT2D eigenvalue weighted by molar-refractivity contribution is 6.31. The van der Waals surface area contributed by atoms with E-state index in [1.807, 2.05) is 42.5 Å². The van der Waals surface area contributed by atoms with Crippen molar-refractivity contribution in [3.63, 3.8) is 0 Å². The topological polar surface area (TPSA) is 76.0 Å². The average molecular weight is 413 g/mol. The number of anilines is 1. The number of halogens is 1. The van der Waals surface area contributed by atoms with Gasteiger partial charge in [0.15, 0.2) is 0 Å². The van der Waals surface area contributed by atoms with Gasteiger partial charge in [0, 0.05) is 23.5 Å². The maximum Gasteiger partial charge on any atom is 0.350 e. The summed E-state index contributed by atoms with van der Waals surface area (Å²) in [6.07, 6.45) is 0.976. The Morgan fingerprint density at radius 2 is 1.86 bits per heavy atom. The molecule has 3 aromatic rings. The molecule has 0 atom stereocenters. The first-order valence-corrected chi connectivity index (χ1v) is 10.1. The Bertz CT molecular complexity index is 1060. The second kappa shape index (κ2) is 9.56. The molecule has 0 radical (unpaired) electrons. The van der Waals surface area contributed by atoms with Crippen LogP contribution in [0.15, 0.2) is 53.3 Å². The fourth-order valence-corrected chi connectivity index (χ4v) is 3.23. The van der Waals surface area contributed by atoms with Crippen LogP contribution >= 0.6 is 11.6 Å². The molecule has 0 bridgehead atoms. The molecule has 0 fully saturated rings. The van der Waals surface area contributed by atoms with Crippen molar-refractivity contribution in [3.8, 4) is 0 Å². The van der Waals surface area contributed by atoms with E-state index in [-0.39, 0.29) is 12.5 Å². The second-order valence-electron chi connectivity index (χ2n) is 7.32. The van der Waals surface area contributed by atoms with Gasteiger partial charge in [-0.2, -0.15) is 4.98 Å². The van der Waals surface area contributed by atoms with Gasteiger partial charge in [0.2, 0.25) is 5.91 Å². The average Bonchev–Trinajstić information content (AvgIpc) is 2.70. The van der Waals surface area contributed by atoms with Crippen molar-refractivity contribution in [1.82, 2.24) is 14.9 Å². The van der Waals surface area contributed by atoms with Gasteiger partial charge in [0.25, 0.3) is 0 Å². The zero-order valence-electron chi connectivity index (χ0n) is 16.6. The lowest BCUT2D eigenvalue weighted by Gasteiger charge is -2.14. The van der Waals surface area contributed by atoms with Crippen molar-refractivity contribution >= 4 is 34.2 Å². The predicted octanol–water partition coefficient (Wildman–Crippen LogP) is 3.82.